The lowest BCUT2D eigenvalue weighted by Crippen LogP contribution is -2.18. The van der Waals surface area contributed by atoms with E-state index in [4.69, 9.17) is 14.5 Å². The van der Waals surface area contributed by atoms with Crippen LogP contribution in [0.4, 0.5) is 0 Å². The Labute approximate surface area is 205 Å². The number of rotatable bonds is 8. The molecule has 0 unspecified atom stereocenters. The van der Waals surface area contributed by atoms with Gasteiger partial charge in [-0.3, -0.25) is 4.79 Å². The molecule has 3 aromatic carbocycles. The second kappa shape index (κ2) is 10.9. The van der Waals surface area contributed by atoms with Crippen LogP contribution in [0, 0.1) is 0 Å². The van der Waals surface area contributed by atoms with Crippen LogP contribution in [0.25, 0.3) is 22.2 Å². The van der Waals surface area contributed by atoms with Crippen LogP contribution in [0.5, 0.6) is 5.75 Å². The predicted octanol–water partition coefficient (Wildman–Crippen LogP) is 5.94. The molecule has 0 aliphatic carbocycles. The molecule has 35 heavy (non-hydrogen) atoms. The molecule has 178 valence electrons. The van der Waals surface area contributed by atoms with Gasteiger partial charge < -0.3 is 9.47 Å². The summed E-state index contributed by atoms with van der Waals surface area (Å²) in [4.78, 5) is 17.9. The zero-order valence-corrected chi connectivity index (χ0v) is 20.4. The SMILES string of the molecule is COCc1cc(/C=N/NC(=O)c2cc(-c3ccc(C(C)C)cc3)nc3ccccc23)ccc1OC. The molecule has 0 saturated heterocycles. The van der Waals surface area contributed by atoms with Gasteiger partial charge in [0.05, 0.1) is 36.7 Å². The Balaban J connectivity index is 1.61. The molecule has 0 fully saturated rings. The molecule has 1 heterocycles. The van der Waals surface area contributed by atoms with Gasteiger partial charge in [0, 0.05) is 23.6 Å². The number of fused-ring (bicyclic) bond motifs is 1. The number of benzene rings is 3. The standard InChI is InChI=1S/C29H29N3O3/c1-19(2)21-10-12-22(13-11-21)27-16-25(24-7-5-6-8-26(24)31-27)29(33)32-30-17-20-9-14-28(35-4)23(15-20)18-34-3/h5-17,19H,18H2,1-4H3,(H,32,33)/b30-17+. The number of carbonyl (C=O) groups excluding carboxylic acids is 1. The Bertz CT molecular complexity index is 1360. The van der Waals surface area contributed by atoms with Crippen molar-refractivity contribution >= 4 is 23.0 Å². The predicted molar refractivity (Wildman–Crippen MR) is 140 cm³/mol. The lowest BCUT2D eigenvalue weighted by atomic mass is 9.99. The monoisotopic (exact) mass is 467 g/mol. The molecule has 4 rings (SSSR count). The Kier molecular flexibility index (Phi) is 7.53. The van der Waals surface area contributed by atoms with Crippen LogP contribution in [0.15, 0.2) is 77.9 Å². The van der Waals surface area contributed by atoms with Crippen molar-refractivity contribution in [1.29, 1.82) is 0 Å². The van der Waals surface area contributed by atoms with Gasteiger partial charge >= 0.3 is 0 Å². The summed E-state index contributed by atoms with van der Waals surface area (Å²) in [6.07, 6.45) is 1.60. The molecule has 0 spiro atoms. The van der Waals surface area contributed by atoms with Gasteiger partial charge in [-0.1, -0.05) is 56.3 Å². The number of nitrogens with one attached hydrogen (secondary N) is 1. The first-order valence-corrected chi connectivity index (χ1v) is 11.5. The van der Waals surface area contributed by atoms with Gasteiger partial charge in [0.25, 0.3) is 5.91 Å². The third-order valence-corrected chi connectivity index (χ3v) is 5.82. The zero-order chi connectivity index (χ0) is 24.8. The topological polar surface area (TPSA) is 72.8 Å². The number of pyridine rings is 1. The molecule has 4 aromatic rings. The van der Waals surface area contributed by atoms with Crippen LogP contribution in [-0.4, -0.2) is 31.3 Å². The summed E-state index contributed by atoms with van der Waals surface area (Å²) in [6.45, 7) is 4.74. The highest BCUT2D eigenvalue weighted by atomic mass is 16.5. The number of aromatic nitrogens is 1. The largest absolute Gasteiger partial charge is 0.496 e. The van der Waals surface area contributed by atoms with Gasteiger partial charge in [-0.05, 0) is 47.4 Å². The van der Waals surface area contributed by atoms with Gasteiger partial charge in [-0.2, -0.15) is 5.10 Å². The van der Waals surface area contributed by atoms with Crippen molar-refractivity contribution in [3.05, 3.63) is 95.1 Å². The highest BCUT2D eigenvalue weighted by Gasteiger charge is 2.14. The number of para-hydroxylation sites is 1. The van der Waals surface area contributed by atoms with Crippen LogP contribution in [-0.2, 0) is 11.3 Å². The van der Waals surface area contributed by atoms with Crippen LogP contribution in [0.2, 0.25) is 0 Å². The lowest BCUT2D eigenvalue weighted by molar-refractivity contribution is 0.0956. The van der Waals surface area contributed by atoms with E-state index in [9.17, 15) is 4.79 Å². The van der Waals surface area contributed by atoms with E-state index in [0.29, 0.717) is 18.1 Å². The number of hydrogen-bond acceptors (Lipinski definition) is 5. The smallest absolute Gasteiger partial charge is 0.272 e. The highest BCUT2D eigenvalue weighted by molar-refractivity contribution is 6.07. The molecule has 0 aliphatic rings. The van der Waals surface area contributed by atoms with E-state index in [2.05, 4.69) is 36.5 Å². The van der Waals surface area contributed by atoms with Crippen molar-refractivity contribution in [1.82, 2.24) is 10.4 Å². The van der Waals surface area contributed by atoms with E-state index in [1.54, 1.807) is 20.4 Å². The summed E-state index contributed by atoms with van der Waals surface area (Å²) in [5.74, 6) is 0.889. The zero-order valence-electron chi connectivity index (χ0n) is 20.4. The fraction of sp³-hybridized carbons (Fsp3) is 0.207. The molecular weight excluding hydrogens is 438 g/mol. The summed E-state index contributed by atoms with van der Waals surface area (Å²) in [5.41, 5.74) is 8.62. The van der Waals surface area contributed by atoms with Gasteiger partial charge in [0.2, 0.25) is 0 Å². The maximum Gasteiger partial charge on any atom is 0.272 e. The van der Waals surface area contributed by atoms with Crippen molar-refractivity contribution in [2.24, 2.45) is 5.10 Å². The van der Waals surface area contributed by atoms with Crippen molar-refractivity contribution in [2.75, 3.05) is 14.2 Å². The van der Waals surface area contributed by atoms with Gasteiger partial charge in [0.15, 0.2) is 0 Å². The molecular formula is C29H29N3O3. The third kappa shape index (κ3) is 5.55. The summed E-state index contributed by atoms with van der Waals surface area (Å²) >= 11 is 0. The normalized spacial score (nSPS) is 11.3. The number of methoxy groups -OCH3 is 2. The second-order valence-corrected chi connectivity index (χ2v) is 8.55. The summed E-state index contributed by atoms with van der Waals surface area (Å²) in [6, 6.07) is 23.4. The fourth-order valence-electron chi connectivity index (χ4n) is 3.92. The second-order valence-electron chi connectivity index (χ2n) is 8.55. The fourth-order valence-corrected chi connectivity index (χ4v) is 3.92. The van der Waals surface area contributed by atoms with Crippen molar-refractivity contribution < 1.29 is 14.3 Å². The van der Waals surface area contributed by atoms with Gasteiger partial charge in [-0.25, -0.2) is 10.4 Å². The van der Waals surface area contributed by atoms with E-state index in [1.807, 2.05) is 60.7 Å². The maximum atomic E-state index is 13.2. The Morgan fingerprint density at radius 3 is 2.51 bits per heavy atom. The minimum absolute atomic E-state index is 0.300. The molecule has 1 aromatic heterocycles. The number of ether oxygens (including phenoxy) is 2. The van der Waals surface area contributed by atoms with Crippen molar-refractivity contribution in [2.45, 2.75) is 26.4 Å². The number of hydrogen-bond donors (Lipinski definition) is 1. The summed E-state index contributed by atoms with van der Waals surface area (Å²) in [7, 11) is 3.25. The minimum Gasteiger partial charge on any atom is -0.496 e. The lowest BCUT2D eigenvalue weighted by Gasteiger charge is -2.10. The first-order valence-electron chi connectivity index (χ1n) is 11.5. The van der Waals surface area contributed by atoms with E-state index in [0.717, 1.165) is 39.0 Å². The quantitative estimate of drug-likeness (QED) is 0.257. The van der Waals surface area contributed by atoms with Crippen LogP contribution < -0.4 is 10.2 Å². The van der Waals surface area contributed by atoms with E-state index in [-0.39, 0.29) is 5.91 Å². The number of carbonyl (C=O) groups is 1. The molecule has 0 radical (unpaired) electrons. The molecule has 0 bridgehead atoms. The molecule has 0 atom stereocenters. The average molecular weight is 468 g/mol. The summed E-state index contributed by atoms with van der Waals surface area (Å²) in [5, 5.41) is 4.96. The van der Waals surface area contributed by atoms with Crippen LogP contribution in [0.1, 0.15) is 46.8 Å². The average Bonchev–Trinajstić information content (AvgIpc) is 2.88. The molecule has 1 amide bonds. The summed E-state index contributed by atoms with van der Waals surface area (Å²) < 4.78 is 10.6. The molecule has 0 saturated carbocycles. The molecule has 1 N–H and O–H groups in total. The van der Waals surface area contributed by atoms with Crippen LogP contribution in [0.3, 0.4) is 0 Å². The molecule has 6 nitrogen and oxygen atoms in total. The van der Waals surface area contributed by atoms with Gasteiger partial charge in [-0.15, -0.1) is 0 Å². The molecule has 6 heteroatoms. The minimum atomic E-state index is -0.300. The first-order chi connectivity index (χ1) is 17.0. The highest BCUT2D eigenvalue weighted by Crippen LogP contribution is 2.26. The molecule has 0 aliphatic heterocycles. The number of amides is 1. The van der Waals surface area contributed by atoms with E-state index in [1.165, 1.54) is 5.56 Å². The Morgan fingerprint density at radius 1 is 1.03 bits per heavy atom. The van der Waals surface area contributed by atoms with E-state index < -0.39 is 0 Å². The first kappa shape index (κ1) is 24.1. The van der Waals surface area contributed by atoms with Crippen LogP contribution >= 0.6 is 0 Å². The number of nitrogens with zero attached hydrogens (tertiary/aromatic N) is 2. The maximum absolute atomic E-state index is 13.2. The van der Waals surface area contributed by atoms with Gasteiger partial charge in [0.1, 0.15) is 5.75 Å². The Morgan fingerprint density at radius 2 is 1.80 bits per heavy atom. The van der Waals surface area contributed by atoms with Crippen molar-refractivity contribution in [3.63, 3.8) is 0 Å². The number of hydrazone groups is 1. The Hall–Kier alpha value is -4.03. The van der Waals surface area contributed by atoms with E-state index >= 15 is 0 Å². The third-order valence-electron chi connectivity index (χ3n) is 5.82. The van der Waals surface area contributed by atoms with Crippen molar-refractivity contribution in [3.8, 4) is 17.0 Å².